The standard InChI is InChI=1S/C32H24Br2N2O5/c1-20-3-2-4-23(15-20)19-41-29-14-7-22(17-28(29)34)16-27-30(37)35-32(39)36(31(27)38)25-10-12-26(13-11-25)40-18-21-5-8-24(33)9-6-21/h2-17H,18-19H2,1H3,(H,35,37,39)/b27-16+. The Morgan fingerprint density at radius 3 is 2.24 bits per heavy atom. The number of carbonyl (C=O) groups is 3. The molecule has 1 aliphatic rings. The molecule has 4 amide bonds. The van der Waals surface area contributed by atoms with Gasteiger partial charge >= 0.3 is 6.03 Å². The molecule has 0 saturated carbocycles. The van der Waals surface area contributed by atoms with E-state index in [0.29, 0.717) is 40.4 Å². The molecule has 0 aromatic heterocycles. The summed E-state index contributed by atoms with van der Waals surface area (Å²) in [6.45, 7) is 2.78. The number of nitrogens with one attached hydrogen (secondary N) is 1. The molecule has 1 fully saturated rings. The van der Waals surface area contributed by atoms with E-state index in [1.54, 1.807) is 42.5 Å². The molecular weight excluding hydrogens is 652 g/mol. The lowest BCUT2D eigenvalue weighted by molar-refractivity contribution is -0.122. The maximum atomic E-state index is 13.3. The van der Waals surface area contributed by atoms with Gasteiger partial charge in [0.1, 0.15) is 30.3 Å². The van der Waals surface area contributed by atoms with E-state index in [-0.39, 0.29) is 5.57 Å². The van der Waals surface area contributed by atoms with Crippen LogP contribution in [0.1, 0.15) is 22.3 Å². The van der Waals surface area contributed by atoms with Crippen LogP contribution in [0.25, 0.3) is 6.08 Å². The average molecular weight is 676 g/mol. The smallest absolute Gasteiger partial charge is 0.335 e. The zero-order valence-corrected chi connectivity index (χ0v) is 25.1. The van der Waals surface area contributed by atoms with E-state index < -0.39 is 17.8 Å². The number of hydrogen-bond acceptors (Lipinski definition) is 5. The van der Waals surface area contributed by atoms with Crippen molar-refractivity contribution in [3.8, 4) is 11.5 Å². The highest BCUT2D eigenvalue weighted by Gasteiger charge is 2.36. The largest absolute Gasteiger partial charge is 0.489 e. The van der Waals surface area contributed by atoms with Crippen molar-refractivity contribution in [2.45, 2.75) is 20.1 Å². The Morgan fingerprint density at radius 2 is 1.54 bits per heavy atom. The monoisotopic (exact) mass is 674 g/mol. The maximum Gasteiger partial charge on any atom is 0.335 e. The van der Waals surface area contributed by atoms with Crippen LogP contribution in [0.2, 0.25) is 0 Å². The number of barbiturate groups is 1. The van der Waals surface area contributed by atoms with Crippen molar-refractivity contribution in [1.29, 1.82) is 0 Å². The molecule has 1 N–H and O–H groups in total. The molecule has 0 spiro atoms. The van der Waals surface area contributed by atoms with Gasteiger partial charge in [-0.05, 0) is 94.2 Å². The molecule has 7 nitrogen and oxygen atoms in total. The first-order chi connectivity index (χ1) is 19.8. The lowest BCUT2D eigenvalue weighted by Crippen LogP contribution is -2.54. The molecule has 0 unspecified atom stereocenters. The van der Waals surface area contributed by atoms with Gasteiger partial charge in [-0.25, -0.2) is 9.69 Å². The second kappa shape index (κ2) is 12.5. The summed E-state index contributed by atoms with van der Waals surface area (Å²) in [5.74, 6) is -0.296. The molecule has 9 heteroatoms. The topological polar surface area (TPSA) is 84.9 Å². The Kier molecular flexibility index (Phi) is 8.66. The van der Waals surface area contributed by atoms with E-state index in [1.807, 2.05) is 49.4 Å². The molecule has 0 bridgehead atoms. The minimum Gasteiger partial charge on any atom is -0.489 e. The highest BCUT2D eigenvalue weighted by atomic mass is 79.9. The van der Waals surface area contributed by atoms with Gasteiger partial charge in [0.05, 0.1) is 10.2 Å². The summed E-state index contributed by atoms with van der Waals surface area (Å²) in [4.78, 5) is 39.5. The summed E-state index contributed by atoms with van der Waals surface area (Å²) in [7, 11) is 0. The molecule has 41 heavy (non-hydrogen) atoms. The Morgan fingerprint density at radius 1 is 0.805 bits per heavy atom. The second-order valence-corrected chi connectivity index (χ2v) is 11.1. The Bertz CT molecular complexity index is 1650. The third-order valence-corrected chi connectivity index (χ3v) is 7.41. The van der Waals surface area contributed by atoms with Crippen molar-refractivity contribution < 1.29 is 23.9 Å². The number of rotatable bonds is 8. The first-order valence-corrected chi connectivity index (χ1v) is 14.2. The van der Waals surface area contributed by atoms with Crippen molar-refractivity contribution in [3.05, 3.63) is 128 Å². The zero-order chi connectivity index (χ0) is 28.9. The van der Waals surface area contributed by atoms with Gasteiger partial charge in [0, 0.05) is 4.47 Å². The average Bonchev–Trinajstić information content (AvgIpc) is 2.95. The highest BCUT2D eigenvalue weighted by molar-refractivity contribution is 9.10. The van der Waals surface area contributed by atoms with Crippen LogP contribution < -0.4 is 19.7 Å². The van der Waals surface area contributed by atoms with Gasteiger partial charge in [0.15, 0.2) is 0 Å². The van der Waals surface area contributed by atoms with E-state index in [1.165, 1.54) is 6.08 Å². The van der Waals surface area contributed by atoms with Crippen LogP contribution >= 0.6 is 31.9 Å². The lowest BCUT2D eigenvalue weighted by Gasteiger charge is -2.26. The molecule has 0 aliphatic carbocycles. The third-order valence-electron chi connectivity index (χ3n) is 6.26. The number of imide groups is 2. The van der Waals surface area contributed by atoms with E-state index in [4.69, 9.17) is 9.47 Å². The van der Waals surface area contributed by atoms with Crippen molar-refractivity contribution in [3.63, 3.8) is 0 Å². The third kappa shape index (κ3) is 6.93. The number of ether oxygens (including phenoxy) is 2. The summed E-state index contributed by atoms with van der Waals surface area (Å²) in [5.41, 5.74) is 3.92. The summed E-state index contributed by atoms with van der Waals surface area (Å²) in [6.07, 6.45) is 1.45. The molecule has 1 aliphatic heterocycles. The van der Waals surface area contributed by atoms with Gasteiger partial charge in [0.2, 0.25) is 0 Å². The van der Waals surface area contributed by atoms with Gasteiger partial charge in [-0.2, -0.15) is 0 Å². The van der Waals surface area contributed by atoms with Gasteiger partial charge < -0.3 is 9.47 Å². The van der Waals surface area contributed by atoms with Gasteiger partial charge in [0.25, 0.3) is 11.8 Å². The maximum absolute atomic E-state index is 13.3. The number of halogens is 2. The number of amides is 4. The molecule has 1 heterocycles. The molecule has 0 atom stereocenters. The van der Waals surface area contributed by atoms with Gasteiger partial charge in [-0.3, -0.25) is 14.9 Å². The second-order valence-electron chi connectivity index (χ2n) is 9.33. The first kappa shape index (κ1) is 28.3. The van der Waals surface area contributed by atoms with Crippen LogP contribution in [0, 0.1) is 6.92 Å². The predicted molar refractivity (Wildman–Crippen MR) is 164 cm³/mol. The number of benzene rings is 4. The van der Waals surface area contributed by atoms with E-state index >= 15 is 0 Å². The van der Waals surface area contributed by atoms with E-state index in [0.717, 1.165) is 26.1 Å². The fourth-order valence-electron chi connectivity index (χ4n) is 4.18. The van der Waals surface area contributed by atoms with Crippen LogP contribution in [0.4, 0.5) is 10.5 Å². The normalized spacial score (nSPS) is 14.3. The van der Waals surface area contributed by atoms with Gasteiger partial charge in [-0.1, -0.05) is 64.0 Å². The number of carbonyl (C=O) groups excluding carboxylic acids is 3. The lowest BCUT2D eigenvalue weighted by atomic mass is 10.1. The quantitative estimate of drug-likeness (QED) is 0.156. The summed E-state index contributed by atoms with van der Waals surface area (Å²) >= 11 is 6.91. The number of aryl methyl sites for hydroxylation is 1. The molecular formula is C32H24Br2N2O5. The fraction of sp³-hybridized carbons (Fsp3) is 0.0938. The van der Waals surface area contributed by atoms with Crippen LogP contribution in [-0.2, 0) is 22.8 Å². The summed E-state index contributed by atoms with van der Waals surface area (Å²) < 4.78 is 13.4. The van der Waals surface area contributed by atoms with E-state index in [9.17, 15) is 14.4 Å². The Labute approximate surface area is 254 Å². The van der Waals surface area contributed by atoms with Crippen molar-refractivity contribution >= 4 is 61.5 Å². The minimum absolute atomic E-state index is 0.166. The summed E-state index contributed by atoms with van der Waals surface area (Å²) in [5, 5.41) is 2.25. The Hall–Kier alpha value is -4.21. The first-order valence-electron chi connectivity index (χ1n) is 12.6. The molecule has 4 aromatic carbocycles. The minimum atomic E-state index is -0.818. The SMILES string of the molecule is Cc1cccc(COc2ccc(/C=C3\C(=O)NC(=O)N(c4ccc(OCc5ccc(Br)cc5)cc4)C3=O)cc2Br)c1. The van der Waals surface area contributed by atoms with E-state index in [2.05, 4.69) is 43.2 Å². The number of nitrogens with zero attached hydrogens (tertiary/aromatic N) is 1. The molecule has 5 rings (SSSR count). The number of urea groups is 1. The van der Waals surface area contributed by atoms with Crippen molar-refractivity contribution in [2.24, 2.45) is 0 Å². The fourth-order valence-corrected chi connectivity index (χ4v) is 4.96. The van der Waals surface area contributed by atoms with Crippen LogP contribution in [0.15, 0.2) is 106 Å². The van der Waals surface area contributed by atoms with Crippen molar-refractivity contribution in [1.82, 2.24) is 5.32 Å². The highest BCUT2D eigenvalue weighted by Crippen LogP contribution is 2.29. The number of anilines is 1. The zero-order valence-electron chi connectivity index (χ0n) is 21.9. The molecule has 206 valence electrons. The van der Waals surface area contributed by atoms with Crippen LogP contribution in [0.3, 0.4) is 0 Å². The molecule has 0 radical (unpaired) electrons. The number of hydrogen-bond donors (Lipinski definition) is 1. The summed E-state index contributed by atoms with van der Waals surface area (Å²) in [6, 6.07) is 26.8. The van der Waals surface area contributed by atoms with Gasteiger partial charge in [-0.15, -0.1) is 0 Å². The molecule has 1 saturated heterocycles. The Balaban J connectivity index is 1.29. The molecule has 4 aromatic rings. The predicted octanol–water partition coefficient (Wildman–Crippen LogP) is 7.34. The van der Waals surface area contributed by atoms with Crippen molar-refractivity contribution in [2.75, 3.05) is 4.90 Å². The van der Waals surface area contributed by atoms with Crippen LogP contribution in [-0.4, -0.2) is 17.8 Å². The van der Waals surface area contributed by atoms with Crippen LogP contribution in [0.5, 0.6) is 11.5 Å².